The molecule has 1 saturated heterocycles. The van der Waals surface area contributed by atoms with Crippen LogP contribution in [0.25, 0.3) is 0 Å². The van der Waals surface area contributed by atoms with E-state index < -0.39 is 0 Å². The highest BCUT2D eigenvalue weighted by Gasteiger charge is 2.17. The first-order valence-electron chi connectivity index (χ1n) is 7.54. The second-order valence-corrected chi connectivity index (χ2v) is 5.48. The van der Waals surface area contributed by atoms with E-state index in [0.717, 1.165) is 25.9 Å². The maximum Gasteiger partial charge on any atom is 0.261 e. The number of amides is 1. The summed E-state index contributed by atoms with van der Waals surface area (Å²) in [6.07, 6.45) is 4.73. The van der Waals surface area contributed by atoms with Crippen molar-refractivity contribution in [2.75, 3.05) is 19.7 Å². The van der Waals surface area contributed by atoms with Gasteiger partial charge < -0.3 is 9.64 Å². The Kier molecular flexibility index (Phi) is 5.99. The molecule has 21 heavy (non-hydrogen) atoms. The van der Waals surface area contributed by atoms with E-state index in [1.807, 2.05) is 19.1 Å². The molecule has 0 saturated carbocycles. The van der Waals surface area contributed by atoms with Gasteiger partial charge in [-0.25, -0.2) is 0 Å². The van der Waals surface area contributed by atoms with Gasteiger partial charge in [0, 0.05) is 13.1 Å². The number of benzene rings is 1. The van der Waals surface area contributed by atoms with Crippen molar-refractivity contribution in [3.8, 4) is 5.75 Å². The molecule has 0 bridgehead atoms. The third-order valence-corrected chi connectivity index (χ3v) is 3.91. The Balaban J connectivity index is 2.01. The van der Waals surface area contributed by atoms with Crippen LogP contribution in [0.2, 0.25) is 0 Å². The van der Waals surface area contributed by atoms with E-state index in [-0.39, 0.29) is 5.91 Å². The van der Waals surface area contributed by atoms with E-state index >= 15 is 0 Å². The van der Waals surface area contributed by atoms with Gasteiger partial charge in [0.25, 0.3) is 5.91 Å². The Labute approximate surface area is 131 Å². The number of rotatable bonds is 3. The number of carbonyl (C=O) groups is 1. The minimum absolute atomic E-state index is 0.201. The van der Waals surface area contributed by atoms with E-state index in [1.165, 1.54) is 12.8 Å². The molecule has 0 aliphatic carbocycles. The number of ether oxygens (including phenoxy) is 1. The van der Waals surface area contributed by atoms with Crippen molar-refractivity contribution < 1.29 is 9.53 Å². The first-order valence-corrected chi connectivity index (χ1v) is 7.95. The van der Waals surface area contributed by atoms with Crippen molar-refractivity contribution >= 4 is 23.2 Å². The lowest BCUT2D eigenvalue weighted by Gasteiger charge is -2.23. The fraction of sp³-hybridized carbons (Fsp3) is 0.500. The standard InChI is InChI=1S/C16H22N2O2S/c1-2-20-14-10-6-5-9-13(14)15(19)17-16(21)18-11-7-3-4-8-12-18/h5-6,9-10H,2-4,7-8,11-12H2,1H3,(H,17,19,21). The molecular formula is C16H22N2O2S. The molecule has 114 valence electrons. The molecule has 0 aromatic heterocycles. The summed E-state index contributed by atoms with van der Waals surface area (Å²) in [5, 5.41) is 3.35. The molecule has 0 unspecified atom stereocenters. The molecule has 1 N–H and O–H groups in total. The molecule has 1 heterocycles. The highest BCUT2D eigenvalue weighted by molar-refractivity contribution is 7.80. The van der Waals surface area contributed by atoms with Crippen LogP contribution in [0.5, 0.6) is 5.75 Å². The number of nitrogens with one attached hydrogen (secondary N) is 1. The summed E-state index contributed by atoms with van der Waals surface area (Å²) in [5.41, 5.74) is 0.525. The summed E-state index contributed by atoms with van der Waals surface area (Å²) >= 11 is 5.37. The Morgan fingerprint density at radius 3 is 2.57 bits per heavy atom. The van der Waals surface area contributed by atoms with Crippen molar-refractivity contribution in [2.45, 2.75) is 32.6 Å². The Bertz CT molecular complexity index is 497. The average Bonchev–Trinajstić information content (AvgIpc) is 2.77. The van der Waals surface area contributed by atoms with Crippen molar-refractivity contribution in [3.05, 3.63) is 29.8 Å². The first kappa shape index (κ1) is 15.8. The Morgan fingerprint density at radius 2 is 1.90 bits per heavy atom. The quantitative estimate of drug-likeness (QED) is 0.872. The number of hydrogen-bond donors (Lipinski definition) is 1. The van der Waals surface area contributed by atoms with Gasteiger partial charge in [0.2, 0.25) is 0 Å². The molecule has 2 rings (SSSR count). The van der Waals surface area contributed by atoms with Crippen molar-refractivity contribution in [2.24, 2.45) is 0 Å². The minimum atomic E-state index is -0.201. The molecule has 5 heteroatoms. The third-order valence-electron chi connectivity index (χ3n) is 3.55. The number of nitrogens with zero attached hydrogens (tertiary/aromatic N) is 1. The topological polar surface area (TPSA) is 41.6 Å². The maximum absolute atomic E-state index is 12.4. The van der Waals surface area contributed by atoms with Crippen LogP contribution in [0.15, 0.2) is 24.3 Å². The lowest BCUT2D eigenvalue weighted by molar-refractivity contribution is 0.0969. The van der Waals surface area contributed by atoms with Crippen LogP contribution < -0.4 is 10.1 Å². The van der Waals surface area contributed by atoms with Crippen LogP contribution in [0, 0.1) is 0 Å². The van der Waals surface area contributed by atoms with Gasteiger partial charge in [0.1, 0.15) is 5.75 Å². The van der Waals surface area contributed by atoms with Gasteiger partial charge in [-0.1, -0.05) is 25.0 Å². The lowest BCUT2D eigenvalue weighted by atomic mass is 10.2. The highest BCUT2D eigenvalue weighted by Crippen LogP contribution is 2.18. The zero-order valence-corrected chi connectivity index (χ0v) is 13.2. The van der Waals surface area contributed by atoms with Crippen molar-refractivity contribution in [1.29, 1.82) is 0 Å². The fourth-order valence-corrected chi connectivity index (χ4v) is 2.73. The summed E-state index contributed by atoms with van der Waals surface area (Å²) in [4.78, 5) is 14.5. The summed E-state index contributed by atoms with van der Waals surface area (Å²) in [5.74, 6) is 0.393. The number of carbonyl (C=O) groups excluding carboxylic acids is 1. The smallest absolute Gasteiger partial charge is 0.261 e. The van der Waals surface area contributed by atoms with Gasteiger partial charge in [0.15, 0.2) is 5.11 Å². The Hall–Kier alpha value is -1.62. The van der Waals surface area contributed by atoms with Gasteiger partial charge in [-0.3, -0.25) is 10.1 Å². The van der Waals surface area contributed by atoms with E-state index in [9.17, 15) is 4.79 Å². The largest absolute Gasteiger partial charge is 0.493 e. The zero-order valence-electron chi connectivity index (χ0n) is 12.4. The Morgan fingerprint density at radius 1 is 1.24 bits per heavy atom. The van der Waals surface area contributed by atoms with Gasteiger partial charge in [-0.2, -0.15) is 0 Å². The summed E-state index contributed by atoms with van der Waals surface area (Å²) in [6, 6.07) is 7.24. The molecule has 4 nitrogen and oxygen atoms in total. The fourth-order valence-electron chi connectivity index (χ4n) is 2.45. The van der Waals surface area contributed by atoms with E-state index in [2.05, 4.69) is 10.2 Å². The molecule has 1 amide bonds. The summed E-state index contributed by atoms with van der Waals surface area (Å²) < 4.78 is 5.49. The number of thiocarbonyl (C=S) groups is 1. The van der Waals surface area contributed by atoms with Crippen LogP contribution in [0.4, 0.5) is 0 Å². The maximum atomic E-state index is 12.4. The average molecular weight is 306 g/mol. The van der Waals surface area contributed by atoms with E-state index in [1.54, 1.807) is 12.1 Å². The molecule has 1 aliphatic rings. The molecule has 0 atom stereocenters. The van der Waals surface area contributed by atoms with Crippen LogP contribution in [0.3, 0.4) is 0 Å². The zero-order chi connectivity index (χ0) is 15.1. The highest BCUT2D eigenvalue weighted by atomic mass is 32.1. The normalized spacial score (nSPS) is 15.2. The monoisotopic (exact) mass is 306 g/mol. The molecule has 1 aliphatic heterocycles. The van der Waals surface area contributed by atoms with Crippen LogP contribution >= 0.6 is 12.2 Å². The van der Waals surface area contributed by atoms with Gasteiger partial charge in [-0.05, 0) is 44.1 Å². The summed E-state index contributed by atoms with van der Waals surface area (Å²) in [6.45, 7) is 4.27. The van der Waals surface area contributed by atoms with Gasteiger partial charge in [-0.15, -0.1) is 0 Å². The molecule has 0 spiro atoms. The molecular weight excluding hydrogens is 284 g/mol. The second kappa shape index (κ2) is 7.98. The third kappa shape index (κ3) is 4.43. The summed E-state index contributed by atoms with van der Waals surface area (Å²) in [7, 11) is 0. The predicted octanol–water partition coefficient (Wildman–Crippen LogP) is 2.98. The molecule has 1 aromatic rings. The number of para-hydroxylation sites is 1. The van der Waals surface area contributed by atoms with Crippen molar-refractivity contribution in [3.63, 3.8) is 0 Å². The van der Waals surface area contributed by atoms with E-state index in [4.69, 9.17) is 17.0 Å². The predicted molar refractivity (Wildman–Crippen MR) is 87.7 cm³/mol. The molecule has 1 fully saturated rings. The second-order valence-electron chi connectivity index (χ2n) is 5.09. The number of likely N-dealkylation sites (tertiary alicyclic amines) is 1. The number of hydrogen-bond acceptors (Lipinski definition) is 3. The molecule has 1 aromatic carbocycles. The SMILES string of the molecule is CCOc1ccccc1C(=O)NC(=S)N1CCCCCC1. The lowest BCUT2D eigenvalue weighted by Crippen LogP contribution is -2.43. The van der Waals surface area contributed by atoms with Crippen LogP contribution in [-0.4, -0.2) is 35.6 Å². The van der Waals surface area contributed by atoms with E-state index in [0.29, 0.717) is 23.0 Å². The molecule has 0 radical (unpaired) electrons. The minimum Gasteiger partial charge on any atom is -0.493 e. The van der Waals surface area contributed by atoms with Crippen molar-refractivity contribution in [1.82, 2.24) is 10.2 Å². The first-order chi connectivity index (χ1) is 10.2. The van der Waals surface area contributed by atoms with Gasteiger partial charge >= 0.3 is 0 Å². The van der Waals surface area contributed by atoms with Gasteiger partial charge in [0.05, 0.1) is 12.2 Å². The van der Waals surface area contributed by atoms with Crippen LogP contribution in [-0.2, 0) is 0 Å². The van der Waals surface area contributed by atoms with Crippen LogP contribution in [0.1, 0.15) is 43.0 Å².